The number of rotatable bonds is 13. The van der Waals surface area contributed by atoms with Gasteiger partial charge in [-0.2, -0.15) is 0 Å². The van der Waals surface area contributed by atoms with E-state index in [0.717, 1.165) is 17.0 Å². The lowest BCUT2D eigenvalue weighted by atomic mass is 10.0. The summed E-state index contributed by atoms with van der Waals surface area (Å²) >= 11 is 3.39. The number of hydrogen-bond acceptors (Lipinski definition) is 2. The third-order valence-electron chi connectivity index (χ3n) is 3.98. The molecule has 122 valence electrons. The molecule has 0 spiro atoms. The first-order valence-electron chi connectivity index (χ1n) is 8.76. The molecule has 1 aromatic rings. The third-order valence-corrected chi connectivity index (χ3v) is 4.41. The van der Waals surface area contributed by atoms with Gasteiger partial charge in [0.05, 0.1) is 6.04 Å². The summed E-state index contributed by atoms with van der Waals surface area (Å²) < 4.78 is 6.51. The quantitative estimate of drug-likeness (QED) is 0.401. The first-order chi connectivity index (χ1) is 10.3. The number of hydrogen-bond donors (Lipinski definition) is 1. The zero-order valence-corrected chi connectivity index (χ0v) is 15.4. The van der Waals surface area contributed by atoms with E-state index in [1.54, 1.807) is 0 Å². The van der Waals surface area contributed by atoms with Gasteiger partial charge in [0.2, 0.25) is 0 Å². The van der Waals surface area contributed by atoms with Gasteiger partial charge >= 0.3 is 0 Å². The normalized spacial score (nSPS) is 12.7. The average molecular weight is 358 g/mol. The summed E-state index contributed by atoms with van der Waals surface area (Å²) in [5.41, 5.74) is 0. The second kappa shape index (κ2) is 12.3. The van der Waals surface area contributed by atoms with Crippen molar-refractivity contribution in [2.75, 3.05) is 6.54 Å². The summed E-state index contributed by atoms with van der Waals surface area (Å²) in [5, 5.41) is 3.52. The van der Waals surface area contributed by atoms with E-state index in [1.807, 2.05) is 6.07 Å². The molecule has 0 aromatic carbocycles. The average Bonchev–Trinajstić information content (AvgIpc) is 2.91. The first-order valence-corrected chi connectivity index (χ1v) is 9.55. The van der Waals surface area contributed by atoms with Crippen molar-refractivity contribution in [2.45, 2.75) is 84.1 Å². The molecule has 0 aliphatic carbocycles. The van der Waals surface area contributed by atoms with Gasteiger partial charge < -0.3 is 9.73 Å². The van der Waals surface area contributed by atoms with Crippen LogP contribution in [0.1, 0.15) is 89.9 Å². The molecule has 1 heterocycles. The third kappa shape index (κ3) is 8.67. The van der Waals surface area contributed by atoms with Crippen LogP contribution >= 0.6 is 15.9 Å². The van der Waals surface area contributed by atoms with Gasteiger partial charge in [0.1, 0.15) is 5.76 Å². The summed E-state index contributed by atoms with van der Waals surface area (Å²) in [6.07, 6.45) is 13.6. The minimum absolute atomic E-state index is 0.367. The Morgan fingerprint density at radius 2 is 1.57 bits per heavy atom. The topological polar surface area (TPSA) is 25.2 Å². The SMILES string of the molecule is CCCCCCCCCCCC(NCC)c1ccc(Br)o1. The maximum atomic E-state index is 5.69. The zero-order chi connectivity index (χ0) is 15.3. The number of unbranched alkanes of at least 4 members (excludes halogenated alkanes) is 8. The van der Waals surface area contributed by atoms with E-state index in [1.165, 1.54) is 64.2 Å². The monoisotopic (exact) mass is 357 g/mol. The molecule has 0 saturated heterocycles. The van der Waals surface area contributed by atoms with Crippen LogP contribution in [0, 0.1) is 0 Å². The Balaban J connectivity index is 2.08. The Morgan fingerprint density at radius 1 is 0.952 bits per heavy atom. The van der Waals surface area contributed by atoms with Crippen LogP contribution in [0.5, 0.6) is 0 Å². The summed E-state index contributed by atoms with van der Waals surface area (Å²) in [4.78, 5) is 0. The van der Waals surface area contributed by atoms with Crippen molar-refractivity contribution in [3.8, 4) is 0 Å². The van der Waals surface area contributed by atoms with Crippen molar-refractivity contribution in [3.63, 3.8) is 0 Å². The molecule has 0 aliphatic rings. The molecular weight excluding hydrogens is 326 g/mol. The van der Waals surface area contributed by atoms with Crippen LogP contribution in [0.15, 0.2) is 21.2 Å². The van der Waals surface area contributed by atoms with Gasteiger partial charge in [-0.1, -0.05) is 71.6 Å². The van der Waals surface area contributed by atoms with E-state index in [-0.39, 0.29) is 0 Å². The second-order valence-corrected chi connectivity index (χ2v) is 6.65. The molecule has 2 nitrogen and oxygen atoms in total. The van der Waals surface area contributed by atoms with Crippen LogP contribution in [0.3, 0.4) is 0 Å². The second-order valence-electron chi connectivity index (χ2n) is 5.87. The molecule has 0 amide bonds. The van der Waals surface area contributed by atoms with Gasteiger partial charge in [-0.25, -0.2) is 0 Å². The number of nitrogens with one attached hydrogen (secondary N) is 1. The Kier molecular flexibility index (Phi) is 11.0. The van der Waals surface area contributed by atoms with Gasteiger partial charge in [-0.3, -0.25) is 0 Å². The molecule has 3 heteroatoms. The number of furan rings is 1. The minimum atomic E-state index is 0.367. The van der Waals surface area contributed by atoms with Crippen molar-refractivity contribution in [1.29, 1.82) is 0 Å². The fourth-order valence-electron chi connectivity index (χ4n) is 2.77. The molecule has 0 bridgehead atoms. The smallest absolute Gasteiger partial charge is 0.169 e. The molecule has 0 radical (unpaired) electrons. The highest BCUT2D eigenvalue weighted by Crippen LogP contribution is 2.24. The Bertz CT molecular complexity index is 351. The van der Waals surface area contributed by atoms with E-state index in [2.05, 4.69) is 41.2 Å². The van der Waals surface area contributed by atoms with E-state index in [4.69, 9.17) is 4.42 Å². The molecule has 21 heavy (non-hydrogen) atoms. The fourth-order valence-corrected chi connectivity index (χ4v) is 3.09. The molecule has 1 rings (SSSR count). The van der Waals surface area contributed by atoms with Gasteiger partial charge in [-0.05, 0) is 41.0 Å². The highest BCUT2D eigenvalue weighted by Gasteiger charge is 2.13. The zero-order valence-electron chi connectivity index (χ0n) is 13.8. The lowest BCUT2D eigenvalue weighted by Crippen LogP contribution is -2.20. The summed E-state index contributed by atoms with van der Waals surface area (Å²) in [6, 6.07) is 4.42. The molecule has 1 unspecified atom stereocenters. The van der Waals surface area contributed by atoms with Crippen LogP contribution in [0.2, 0.25) is 0 Å². The highest BCUT2D eigenvalue weighted by atomic mass is 79.9. The predicted molar refractivity (Wildman–Crippen MR) is 94.7 cm³/mol. The van der Waals surface area contributed by atoms with E-state index < -0.39 is 0 Å². The largest absolute Gasteiger partial charge is 0.453 e. The highest BCUT2D eigenvalue weighted by molar-refractivity contribution is 9.10. The Hall–Kier alpha value is -0.280. The van der Waals surface area contributed by atoms with E-state index in [0.29, 0.717) is 6.04 Å². The maximum Gasteiger partial charge on any atom is 0.169 e. The lowest BCUT2D eigenvalue weighted by molar-refractivity contribution is 0.380. The van der Waals surface area contributed by atoms with Crippen LogP contribution in [-0.2, 0) is 0 Å². The van der Waals surface area contributed by atoms with Crippen LogP contribution < -0.4 is 5.32 Å². The van der Waals surface area contributed by atoms with Crippen molar-refractivity contribution >= 4 is 15.9 Å². The Morgan fingerprint density at radius 3 is 2.10 bits per heavy atom. The molecule has 0 aliphatic heterocycles. The van der Waals surface area contributed by atoms with Crippen molar-refractivity contribution in [2.24, 2.45) is 0 Å². The van der Waals surface area contributed by atoms with Gasteiger partial charge in [-0.15, -0.1) is 0 Å². The van der Waals surface area contributed by atoms with Crippen molar-refractivity contribution in [3.05, 3.63) is 22.6 Å². The van der Waals surface area contributed by atoms with Gasteiger partial charge in [0.15, 0.2) is 4.67 Å². The van der Waals surface area contributed by atoms with Crippen LogP contribution in [0.25, 0.3) is 0 Å². The molecule has 0 saturated carbocycles. The lowest BCUT2D eigenvalue weighted by Gasteiger charge is -2.15. The predicted octanol–water partition coefficient (Wildman–Crippen LogP) is 6.61. The van der Waals surface area contributed by atoms with Crippen molar-refractivity contribution in [1.82, 2.24) is 5.32 Å². The fraction of sp³-hybridized carbons (Fsp3) is 0.778. The molecule has 1 atom stereocenters. The first kappa shape index (κ1) is 18.8. The maximum absolute atomic E-state index is 5.69. The Labute approximate surface area is 139 Å². The number of halogens is 1. The molecule has 1 aromatic heterocycles. The molecule has 1 N–H and O–H groups in total. The van der Waals surface area contributed by atoms with Crippen LogP contribution in [-0.4, -0.2) is 6.54 Å². The molecular formula is C18H32BrNO. The minimum Gasteiger partial charge on any atom is -0.453 e. The molecule has 0 fully saturated rings. The van der Waals surface area contributed by atoms with Crippen LogP contribution in [0.4, 0.5) is 0 Å². The van der Waals surface area contributed by atoms with Crippen molar-refractivity contribution < 1.29 is 4.42 Å². The summed E-state index contributed by atoms with van der Waals surface area (Å²) in [7, 11) is 0. The van der Waals surface area contributed by atoms with Gasteiger partial charge in [0.25, 0.3) is 0 Å². The standard InChI is InChI=1S/C18H32BrNO/c1-3-5-6-7-8-9-10-11-12-13-16(20-4-2)17-14-15-18(19)21-17/h14-16,20H,3-13H2,1-2H3. The van der Waals surface area contributed by atoms with E-state index in [9.17, 15) is 0 Å². The van der Waals surface area contributed by atoms with Gasteiger partial charge in [0, 0.05) is 0 Å². The summed E-state index contributed by atoms with van der Waals surface area (Å²) in [5.74, 6) is 1.06. The van der Waals surface area contributed by atoms with E-state index >= 15 is 0 Å². The summed E-state index contributed by atoms with van der Waals surface area (Å²) in [6.45, 7) is 5.42.